The van der Waals surface area contributed by atoms with Gasteiger partial charge < -0.3 is 10.1 Å². The molecule has 0 unspecified atom stereocenters. The molecule has 4 nitrogen and oxygen atoms in total. The lowest BCUT2D eigenvalue weighted by Crippen LogP contribution is -2.16. The molecule has 1 fully saturated rings. The standard InChI is InChI=1S/C14H23N3O/c1-4-5-14(6-7-14)10-15-12-8-11(2)16-13(17-12)9-18-3/h8H,4-7,9-10H2,1-3H3,(H,15,16,17). The monoisotopic (exact) mass is 249 g/mol. The molecule has 0 saturated heterocycles. The molecule has 1 aliphatic carbocycles. The van der Waals surface area contributed by atoms with E-state index in [9.17, 15) is 0 Å². The second kappa shape index (κ2) is 5.65. The highest BCUT2D eigenvalue weighted by molar-refractivity contribution is 5.36. The Morgan fingerprint density at radius 1 is 1.39 bits per heavy atom. The molecule has 0 aliphatic heterocycles. The van der Waals surface area contributed by atoms with Gasteiger partial charge in [-0.1, -0.05) is 13.3 Å². The highest BCUT2D eigenvalue weighted by Gasteiger charge is 2.41. The van der Waals surface area contributed by atoms with Crippen molar-refractivity contribution in [1.82, 2.24) is 9.97 Å². The van der Waals surface area contributed by atoms with Crippen LogP contribution >= 0.6 is 0 Å². The van der Waals surface area contributed by atoms with E-state index in [1.165, 1.54) is 25.7 Å². The first-order valence-corrected chi connectivity index (χ1v) is 6.75. The van der Waals surface area contributed by atoms with Crippen LogP contribution < -0.4 is 5.32 Å². The Balaban J connectivity index is 1.96. The second-order valence-electron chi connectivity index (χ2n) is 5.35. The van der Waals surface area contributed by atoms with Crippen LogP contribution in [0.4, 0.5) is 5.82 Å². The molecule has 0 amide bonds. The number of aromatic nitrogens is 2. The van der Waals surface area contributed by atoms with E-state index in [1.54, 1.807) is 7.11 Å². The predicted molar refractivity (Wildman–Crippen MR) is 72.5 cm³/mol. The lowest BCUT2D eigenvalue weighted by Gasteiger charge is -2.16. The number of hydrogen-bond acceptors (Lipinski definition) is 4. The van der Waals surface area contributed by atoms with E-state index in [0.29, 0.717) is 12.0 Å². The highest BCUT2D eigenvalue weighted by atomic mass is 16.5. The van der Waals surface area contributed by atoms with Gasteiger partial charge in [0, 0.05) is 25.4 Å². The van der Waals surface area contributed by atoms with Gasteiger partial charge in [0.05, 0.1) is 0 Å². The summed E-state index contributed by atoms with van der Waals surface area (Å²) in [6.07, 6.45) is 5.28. The number of nitrogens with one attached hydrogen (secondary N) is 1. The van der Waals surface area contributed by atoms with Crippen LogP contribution in [-0.2, 0) is 11.3 Å². The third-order valence-electron chi connectivity index (χ3n) is 3.56. The summed E-state index contributed by atoms with van der Waals surface area (Å²) in [5, 5.41) is 3.47. The minimum atomic E-state index is 0.469. The zero-order valence-corrected chi connectivity index (χ0v) is 11.6. The van der Waals surface area contributed by atoms with Gasteiger partial charge in [-0.25, -0.2) is 9.97 Å². The van der Waals surface area contributed by atoms with Crippen LogP contribution in [0, 0.1) is 12.3 Å². The van der Waals surface area contributed by atoms with E-state index in [-0.39, 0.29) is 0 Å². The van der Waals surface area contributed by atoms with Gasteiger partial charge in [-0.3, -0.25) is 0 Å². The Bertz CT molecular complexity index is 402. The molecular formula is C14H23N3O. The van der Waals surface area contributed by atoms with E-state index in [1.807, 2.05) is 13.0 Å². The topological polar surface area (TPSA) is 47.0 Å². The molecule has 0 aromatic carbocycles. The zero-order valence-electron chi connectivity index (χ0n) is 11.6. The van der Waals surface area contributed by atoms with Crippen molar-refractivity contribution in [1.29, 1.82) is 0 Å². The maximum Gasteiger partial charge on any atom is 0.156 e. The van der Waals surface area contributed by atoms with Crippen molar-refractivity contribution in [2.45, 2.75) is 46.1 Å². The van der Waals surface area contributed by atoms with Gasteiger partial charge in [0.15, 0.2) is 5.82 Å². The van der Waals surface area contributed by atoms with Crippen LogP contribution in [0.5, 0.6) is 0 Å². The Hall–Kier alpha value is -1.16. The van der Waals surface area contributed by atoms with Gasteiger partial charge in [0.25, 0.3) is 0 Å². The SMILES string of the molecule is CCCC1(CNc2cc(C)nc(COC)n2)CC1. The van der Waals surface area contributed by atoms with Crippen LogP contribution in [-0.4, -0.2) is 23.6 Å². The Labute approximate surface area is 109 Å². The largest absolute Gasteiger partial charge is 0.377 e. The van der Waals surface area contributed by atoms with Crippen LogP contribution in [0.3, 0.4) is 0 Å². The summed E-state index contributed by atoms with van der Waals surface area (Å²) >= 11 is 0. The van der Waals surface area contributed by atoms with Crippen LogP contribution in [0.25, 0.3) is 0 Å². The molecule has 0 bridgehead atoms. The number of ether oxygens (including phenoxy) is 1. The summed E-state index contributed by atoms with van der Waals surface area (Å²) in [5.74, 6) is 1.68. The maximum absolute atomic E-state index is 5.08. The molecule has 2 rings (SSSR count). The van der Waals surface area contributed by atoms with E-state index in [2.05, 4.69) is 22.2 Å². The fourth-order valence-electron chi connectivity index (χ4n) is 2.41. The van der Waals surface area contributed by atoms with Gasteiger partial charge in [-0.2, -0.15) is 0 Å². The first-order chi connectivity index (χ1) is 8.67. The third kappa shape index (κ3) is 3.42. The molecule has 0 spiro atoms. The van der Waals surface area contributed by atoms with Gasteiger partial charge >= 0.3 is 0 Å². The summed E-state index contributed by atoms with van der Waals surface area (Å²) in [5.41, 5.74) is 1.52. The predicted octanol–water partition coefficient (Wildman–Crippen LogP) is 2.92. The third-order valence-corrected chi connectivity index (χ3v) is 3.56. The molecule has 4 heteroatoms. The smallest absolute Gasteiger partial charge is 0.156 e. The fourth-order valence-corrected chi connectivity index (χ4v) is 2.41. The summed E-state index contributed by atoms with van der Waals surface area (Å²) in [6.45, 7) is 5.75. The molecule has 0 atom stereocenters. The fraction of sp³-hybridized carbons (Fsp3) is 0.714. The minimum absolute atomic E-state index is 0.469. The van der Waals surface area contributed by atoms with Crippen molar-refractivity contribution in [3.8, 4) is 0 Å². The minimum Gasteiger partial charge on any atom is -0.377 e. The number of anilines is 1. The van der Waals surface area contributed by atoms with Gasteiger partial charge in [0.1, 0.15) is 12.4 Å². The van der Waals surface area contributed by atoms with Crippen molar-refractivity contribution in [3.63, 3.8) is 0 Å². The summed E-state index contributed by atoms with van der Waals surface area (Å²) < 4.78 is 5.08. The maximum atomic E-state index is 5.08. The lowest BCUT2D eigenvalue weighted by molar-refractivity contribution is 0.177. The molecule has 1 aliphatic rings. The Kier molecular flexibility index (Phi) is 4.17. The zero-order chi connectivity index (χ0) is 13.0. The van der Waals surface area contributed by atoms with Gasteiger partial charge in [-0.05, 0) is 31.6 Å². The quantitative estimate of drug-likeness (QED) is 0.807. The summed E-state index contributed by atoms with van der Waals surface area (Å²) in [6, 6.07) is 2.00. The van der Waals surface area contributed by atoms with Crippen molar-refractivity contribution >= 4 is 5.82 Å². The summed E-state index contributed by atoms with van der Waals surface area (Å²) in [7, 11) is 1.67. The van der Waals surface area contributed by atoms with Crippen LogP contribution in [0.1, 0.15) is 44.1 Å². The average molecular weight is 249 g/mol. The van der Waals surface area contributed by atoms with Crippen LogP contribution in [0.15, 0.2) is 6.07 Å². The van der Waals surface area contributed by atoms with Crippen molar-refractivity contribution in [2.75, 3.05) is 19.0 Å². The van der Waals surface area contributed by atoms with E-state index < -0.39 is 0 Å². The Morgan fingerprint density at radius 3 is 2.78 bits per heavy atom. The molecule has 1 heterocycles. The Morgan fingerprint density at radius 2 is 2.17 bits per heavy atom. The van der Waals surface area contributed by atoms with Gasteiger partial charge in [0.2, 0.25) is 0 Å². The molecule has 1 N–H and O–H groups in total. The van der Waals surface area contributed by atoms with Crippen LogP contribution in [0.2, 0.25) is 0 Å². The summed E-state index contributed by atoms with van der Waals surface area (Å²) in [4.78, 5) is 8.81. The van der Waals surface area contributed by atoms with Crippen molar-refractivity contribution < 1.29 is 4.74 Å². The lowest BCUT2D eigenvalue weighted by atomic mass is 10.0. The van der Waals surface area contributed by atoms with E-state index in [0.717, 1.165) is 23.9 Å². The number of nitrogens with zero attached hydrogens (tertiary/aromatic N) is 2. The molecule has 1 aromatic rings. The number of hydrogen-bond donors (Lipinski definition) is 1. The van der Waals surface area contributed by atoms with Gasteiger partial charge in [-0.15, -0.1) is 0 Å². The van der Waals surface area contributed by atoms with E-state index in [4.69, 9.17) is 4.74 Å². The first-order valence-electron chi connectivity index (χ1n) is 6.75. The van der Waals surface area contributed by atoms with Crippen molar-refractivity contribution in [3.05, 3.63) is 17.6 Å². The van der Waals surface area contributed by atoms with Crippen molar-refractivity contribution in [2.24, 2.45) is 5.41 Å². The molecule has 1 aromatic heterocycles. The first kappa shape index (κ1) is 13.3. The normalized spacial score (nSPS) is 16.6. The molecule has 1 saturated carbocycles. The van der Waals surface area contributed by atoms with E-state index >= 15 is 0 Å². The average Bonchev–Trinajstić information content (AvgIpc) is 3.07. The second-order valence-corrected chi connectivity index (χ2v) is 5.35. The number of methoxy groups -OCH3 is 1. The highest BCUT2D eigenvalue weighted by Crippen LogP contribution is 2.49. The molecule has 100 valence electrons. The number of aryl methyl sites for hydroxylation is 1. The molecule has 18 heavy (non-hydrogen) atoms. The molecular weight excluding hydrogens is 226 g/mol. The number of rotatable bonds is 7. The molecule has 0 radical (unpaired) electrons.